The van der Waals surface area contributed by atoms with Gasteiger partial charge < -0.3 is 30.8 Å². The highest BCUT2D eigenvalue weighted by Crippen LogP contribution is 2.29. The summed E-state index contributed by atoms with van der Waals surface area (Å²) in [6.45, 7) is 8.45. The van der Waals surface area contributed by atoms with Gasteiger partial charge in [-0.1, -0.05) is 64.3 Å². The fraction of sp³-hybridized carbons (Fsp3) is 0.559. The van der Waals surface area contributed by atoms with Crippen LogP contribution >= 0.6 is 0 Å². The molecule has 4 rings (SSSR count). The number of hydrogen-bond acceptors (Lipinski definition) is 6. The van der Waals surface area contributed by atoms with Gasteiger partial charge >= 0.3 is 5.97 Å². The fourth-order valence-corrected chi connectivity index (χ4v) is 6.35. The van der Waals surface area contributed by atoms with Crippen LogP contribution in [0.25, 0.3) is 16.5 Å². The molecule has 2 saturated heterocycles. The summed E-state index contributed by atoms with van der Waals surface area (Å²) in [5.41, 5.74) is 1.64. The normalized spacial score (nSPS) is 23.3. The Kier molecular flexibility index (Phi) is 11.8. The zero-order valence-corrected chi connectivity index (χ0v) is 27.0. The van der Waals surface area contributed by atoms with Gasteiger partial charge in [0.15, 0.2) is 0 Å². The molecule has 5 atom stereocenters. The third kappa shape index (κ3) is 7.89. The van der Waals surface area contributed by atoms with Crippen LogP contribution in [0.4, 0.5) is 0 Å². The second-order valence-electron chi connectivity index (χ2n) is 12.4. The summed E-state index contributed by atoms with van der Waals surface area (Å²) in [6.07, 6.45) is 7.04. The fourth-order valence-electron chi connectivity index (χ4n) is 6.35. The molecule has 1 aromatic carbocycles. The van der Waals surface area contributed by atoms with Crippen molar-refractivity contribution in [3.63, 3.8) is 0 Å². The number of rotatable bonds is 12. The molecular weight excluding hydrogens is 590 g/mol. The first kappa shape index (κ1) is 34.5. The topological polar surface area (TPSA) is 159 Å². The minimum atomic E-state index is -1.26. The Morgan fingerprint density at radius 1 is 1.02 bits per heavy atom. The number of carboxylic acid groups (broad SMARTS) is 1. The van der Waals surface area contributed by atoms with Crippen LogP contribution in [0.2, 0.25) is 0 Å². The van der Waals surface area contributed by atoms with Gasteiger partial charge in [-0.2, -0.15) is 4.73 Å². The third-order valence-corrected chi connectivity index (χ3v) is 9.25. The maximum Gasteiger partial charge on any atom is 0.303 e. The highest BCUT2D eigenvalue weighted by atomic mass is 16.6. The van der Waals surface area contributed by atoms with E-state index in [0.717, 1.165) is 23.7 Å². The van der Waals surface area contributed by atoms with Crippen molar-refractivity contribution in [2.24, 2.45) is 5.92 Å². The molecule has 1 aromatic heterocycles. The van der Waals surface area contributed by atoms with Gasteiger partial charge in [0.2, 0.25) is 23.6 Å². The van der Waals surface area contributed by atoms with Crippen LogP contribution in [0, 0.1) is 5.92 Å². The first-order chi connectivity index (χ1) is 22.1. The van der Waals surface area contributed by atoms with E-state index in [2.05, 4.69) is 22.5 Å². The highest BCUT2D eigenvalue weighted by Gasteiger charge is 2.41. The van der Waals surface area contributed by atoms with Crippen molar-refractivity contribution in [3.05, 3.63) is 42.6 Å². The molecule has 2 aliphatic rings. The minimum Gasteiger partial charge on any atom is -0.481 e. The molecule has 4 N–H and O–H groups in total. The van der Waals surface area contributed by atoms with Crippen molar-refractivity contribution in [2.45, 2.75) is 102 Å². The number of hydrogen-bond donors (Lipinski definition) is 4. The smallest absolute Gasteiger partial charge is 0.303 e. The summed E-state index contributed by atoms with van der Waals surface area (Å²) in [5, 5.41) is 18.4. The van der Waals surface area contributed by atoms with Gasteiger partial charge in [-0.05, 0) is 49.7 Å². The van der Waals surface area contributed by atoms with E-state index in [4.69, 9.17) is 9.94 Å². The van der Waals surface area contributed by atoms with Gasteiger partial charge in [-0.3, -0.25) is 24.0 Å². The molecule has 4 amide bonds. The predicted molar refractivity (Wildman–Crippen MR) is 173 cm³/mol. The van der Waals surface area contributed by atoms with Crippen molar-refractivity contribution < 1.29 is 33.9 Å². The molecule has 0 radical (unpaired) electrons. The molecule has 12 heteroatoms. The number of piperidine rings is 1. The third-order valence-electron chi connectivity index (χ3n) is 9.25. The Labute approximate surface area is 269 Å². The minimum absolute atomic E-state index is 0.0716. The summed E-state index contributed by atoms with van der Waals surface area (Å²) in [5.74, 6) is -2.91. The number of benzene rings is 1. The average Bonchev–Trinajstić information content (AvgIpc) is 3.44. The standard InChI is InChI=1S/C34H47N5O7/c1-5-21(2)29-34(45)38-19-13-12-17-27(38)32(43)35-25(15-8-6-7-9-18-28(40)41)31(42)37-30(33(44)36-29)22(3)24-20-39(46-4)26-16-11-10-14-23(24)26/h10-11,14,16,20-21,25,27,29-30H,3,5-9,12-13,15,17-19H2,1-2,4H3,(H,35,43)(H,36,44)(H,37,42)(H,40,41)/t21?,25-,27+,29-,30-/m0/s1. The van der Waals surface area contributed by atoms with Crippen molar-refractivity contribution in [3.8, 4) is 0 Å². The summed E-state index contributed by atoms with van der Waals surface area (Å²) in [4.78, 5) is 73.9. The van der Waals surface area contributed by atoms with Gasteiger partial charge in [-0.25, -0.2) is 0 Å². The molecule has 46 heavy (non-hydrogen) atoms. The monoisotopic (exact) mass is 637 g/mol. The number of nitrogens with zero attached hydrogens (tertiary/aromatic N) is 2. The molecule has 2 fully saturated rings. The summed E-state index contributed by atoms with van der Waals surface area (Å²) >= 11 is 0. The van der Waals surface area contributed by atoms with E-state index in [9.17, 15) is 24.0 Å². The number of aromatic nitrogens is 1. The molecule has 0 saturated carbocycles. The zero-order chi connectivity index (χ0) is 33.4. The van der Waals surface area contributed by atoms with Crippen LogP contribution < -0.4 is 20.8 Å². The SMILES string of the molecule is C=C(c1cn(OC)c2ccccc12)[C@@H]1NC(=O)[C@H](CCCCCCC(=O)O)NC(=O)[C@H]2CCCCN2C(=O)[C@H](C(C)CC)NC1=O. The van der Waals surface area contributed by atoms with Crippen LogP contribution in [0.15, 0.2) is 37.0 Å². The number of carbonyl (C=O) groups is 5. The Hall–Kier alpha value is -4.35. The largest absolute Gasteiger partial charge is 0.481 e. The number of amides is 4. The van der Waals surface area contributed by atoms with E-state index in [1.807, 2.05) is 38.1 Å². The molecule has 2 aromatic rings. The number of carboxylic acids is 1. The number of aliphatic carboxylic acids is 1. The molecule has 1 unspecified atom stereocenters. The van der Waals surface area contributed by atoms with E-state index in [-0.39, 0.29) is 24.7 Å². The van der Waals surface area contributed by atoms with E-state index in [1.165, 1.54) is 7.11 Å². The highest BCUT2D eigenvalue weighted by molar-refractivity contribution is 6.06. The van der Waals surface area contributed by atoms with E-state index in [0.29, 0.717) is 56.2 Å². The average molecular weight is 638 g/mol. The molecule has 12 nitrogen and oxygen atoms in total. The maximum atomic E-state index is 14.2. The van der Waals surface area contributed by atoms with Crippen molar-refractivity contribution in [1.29, 1.82) is 0 Å². The lowest BCUT2D eigenvalue weighted by Crippen LogP contribution is -2.64. The number of fused-ring (bicyclic) bond motifs is 2. The van der Waals surface area contributed by atoms with Gasteiger partial charge in [0, 0.05) is 23.9 Å². The number of carbonyl (C=O) groups excluding carboxylic acids is 4. The summed E-state index contributed by atoms with van der Waals surface area (Å²) < 4.78 is 1.56. The molecule has 2 aliphatic heterocycles. The number of unbranched alkanes of at least 4 members (excludes halogenated alkanes) is 3. The van der Waals surface area contributed by atoms with Crippen molar-refractivity contribution >= 4 is 46.1 Å². The van der Waals surface area contributed by atoms with Gasteiger partial charge in [0.05, 0.1) is 11.7 Å². The Morgan fingerprint density at radius 2 is 1.76 bits per heavy atom. The van der Waals surface area contributed by atoms with E-state index < -0.39 is 47.9 Å². The van der Waals surface area contributed by atoms with Crippen molar-refractivity contribution in [1.82, 2.24) is 25.6 Å². The molecule has 250 valence electrons. The second kappa shape index (κ2) is 15.8. The van der Waals surface area contributed by atoms with Crippen molar-refractivity contribution in [2.75, 3.05) is 13.7 Å². The lowest BCUT2D eigenvalue weighted by Gasteiger charge is -2.39. The molecular formula is C34H47N5O7. The van der Waals surface area contributed by atoms with Crippen LogP contribution in [0.5, 0.6) is 0 Å². The first-order valence-corrected chi connectivity index (χ1v) is 16.3. The van der Waals surface area contributed by atoms with Crippen LogP contribution in [0.1, 0.15) is 83.6 Å². The summed E-state index contributed by atoms with van der Waals surface area (Å²) in [7, 11) is 1.52. The van der Waals surface area contributed by atoms with Gasteiger partial charge in [-0.15, -0.1) is 0 Å². The molecule has 0 aliphatic carbocycles. The lowest BCUT2D eigenvalue weighted by molar-refractivity contribution is -0.147. The number of para-hydroxylation sites is 1. The number of nitrogens with one attached hydrogen (secondary N) is 3. The zero-order valence-electron chi connectivity index (χ0n) is 27.0. The summed E-state index contributed by atoms with van der Waals surface area (Å²) in [6, 6.07) is 3.57. The van der Waals surface area contributed by atoms with Gasteiger partial charge in [0.1, 0.15) is 31.3 Å². The molecule has 3 heterocycles. The Bertz CT molecular complexity index is 1450. The molecule has 0 spiro atoms. The molecule has 0 bridgehead atoms. The first-order valence-electron chi connectivity index (χ1n) is 16.3. The second-order valence-corrected chi connectivity index (χ2v) is 12.4. The van der Waals surface area contributed by atoms with Gasteiger partial charge in [0.25, 0.3) is 0 Å². The van der Waals surface area contributed by atoms with Crippen LogP contribution in [-0.2, 0) is 24.0 Å². The Morgan fingerprint density at radius 3 is 2.48 bits per heavy atom. The quantitative estimate of drug-likeness (QED) is 0.261. The van der Waals surface area contributed by atoms with E-state index >= 15 is 0 Å². The maximum absolute atomic E-state index is 14.2. The van der Waals surface area contributed by atoms with E-state index in [1.54, 1.807) is 15.8 Å². The Balaban J connectivity index is 1.70. The van der Waals surface area contributed by atoms with Crippen LogP contribution in [-0.4, -0.2) is 82.2 Å². The predicted octanol–water partition coefficient (Wildman–Crippen LogP) is 3.03. The van der Waals surface area contributed by atoms with Crippen LogP contribution in [0.3, 0.4) is 0 Å². The lowest BCUT2D eigenvalue weighted by atomic mass is 9.92.